The lowest BCUT2D eigenvalue weighted by Crippen LogP contribution is -1.78. The van der Waals surface area contributed by atoms with Gasteiger partial charge in [-0.15, -0.1) is 0 Å². The van der Waals surface area contributed by atoms with Crippen LogP contribution in [0.1, 0.15) is 18.2 Å². The molecule has 1 heteroatoms. The van der Waals surface area contributed by atoms with E-state index in [1.54, 1.807) is 0 Å². The van der Waals surface area contributed by atoms with Crippen molar-refractivity contribution in [2.24, 2.45) is 0 Å². The molecule has 1 aromatic heterocycles. The van der Waals surface area contributed by atoms with Crippen LogP contribution in [0.5, 0.6) is 0 Å². The minimum atomic E-state index is 0.946. The van der Waals surface area contributed by atoms with E-state index in [4.69, 9.17) is 4.42 Å². The van der Waals surface area contributed by atoms with Gasteiger partial charge in [0.1, 0.15) is 11.3 Å². The van der Waals surface area contributed by atoms with Crippen LogP contribution in [-0.2, 0) is 6.42 Å². The maximum absolute atomic E-state index is 5.91. The quantitative estimate of drug-likeness (QED) is 0.612. The van der Waals surface area contributed by atoms with Crippen LogP contribution < -0.4 is 0 Å². The molecular formula is C17H16O. The Hall–Kier alpha value is -2.02. The Morgan fingerprint density at radius 1 is 0.944 bits per heavy atom. The Labute approximate surface area is 107 Å². The molecule has 1 nitrogen and oxygen atoms in total. The Bertz CT molecular complexity index is 677. The maximum Gasteiger partial charge on any atom is 0.135 e. The summed E-state index contributed by atoms with van der Waals surface area (Å²) in [5, 5.41) is 1.23. The lowest BCUT2D eigenvalue weighted by molar-refractivity contribution is 0.553. The highest BCUT2D eigenvalue weighted by Crippen LogP contribution is 2.30. The summed E-state index contributed by atoms with van der Waals surface area (Å²) in [6.07, 6.45) is 0.946. The summed E-state index contributed by atoms with van der Waals surface area (Å²) >= 11 is 0. The fraction of sp³-hybridized carbons (Fsp3) is 0.176. The fourth-order valence-electron chi connectivity index (χ4n) is 2.42. The predicted octanol–water partition coefficient (Wildman–Crippen LogP) is 4.97. The summed E-state index contributed by atoms with van der Waals surface area (Å²) in [6, 6.07) is 16.9. The van der Waals surface area contributed by atoms with Crippen molar-refractivity contribution in [1.29, 1.82) is 0 Å². The number of furan rings is 1. The van der Waals surface area contributed by atoms with E-state index in [-0.39, 0.29) is 0 Å². The standard InChI is InChI=1S/C17H16O/c1-3-16-12(2)15-10-9-14(11-17(15)18-16)13-7-5-4-6-8-13/h4-11H,3H2,1-2H3. The predicted molar refractivity (Wildman–Crippen MR) is 75.8 cm³/mol. The number of rotatable bonds is 2. The first-order valence-corrected chi connectivity index (χ1v) is 6.37. The van der Waals surface area contributed by atoms with Crippen LogP contribution in [0.25, 0.3) is 22.1 Å². The summed E-state index contributed by atoms with van der Waals surface area (Å²) in [5.74, 6) is 1.09. The van der Waals surface area contributed by atoms with Gasteiger partial charge in [0.15, 0.2) is 0 Å². The molecule has 0 unspecified atom stereocenters. The molecule has 0 atom stereocenters. The number of hydrogen-bond donors (Lipinski definition) is 0. The zero-order chi connectivity index (χ0) is 12.5. The van der Waals surface area contributed by atoms with Crippen molar-refractivity contribution in [2.45, 2.75) is 20.3 Å². The van der Waals surface area contributed by atoms with Crippen molar-refractivity contribution in [2.75, 3.05) is 0 Å². The first-order chi connectivity index (χ1) is 8.79. The third-order valence-electron chi connectivity index (χ3n) is 3.47. The van der Waals surface area contributed by atoms with E-state index in [9.17, 15) is 0 Å². The molecule has 0 saturated carbocycles. The second kappa shape index (κ2) is 4.34. The number of hydrogen-bond acceptors (Lipinski definition) is 1. The summed E-state index contributed by atoms with van der Waals surface area (Å²) in [6.45, 7) is 4.26. The van der Waals surface area contributed by atoms with Gasteiger partial charge in [0.2, 0.25) is 0 Å². The van der Waals surface area contributed by atoms with Crippen LogP contribution >= 0.6 is 0 Å². The molecule has 0 aliphatic rings. The van der Waals surface area contributed by atoms with Crippen LogP contribution in [0.3, 0.4) is 0 Å². The van der Waals surface area contributed by atoms with Crippen molar-refractivity contribution in [3.05, 3.63) is 59.9 Å². The van der Waals surface area contributed by atoms with E-state index < -0.39 is 0 Å². The Kier molecular flexibility index (Phi) is 2.67. The highest BCUT2D eigenvalue weighted by atomic mass is 16.3. The van der Waals surface area contributed by atoms with E-state index in [1.165, 1.54) is 22.1 Å². The Morgan fingerprint density at radius 2 is 1.72 bits per heavy atom. The lowest BCUT2D eigenvalue weighted by Gasteiger charge is -2.00. The number of aryl methyl sites for hydroxylation is 2. The molecule has 3 rings (SSSR count). The normalized spacial score (nSPS) is 11.0. The molecule has 3 aromatic rings. The van der Waals surface area contributed by atoms with Crippen molar-refractivity contribution < 1.29 is 4.42 Å². The molecule has 90 valence electrons. The third-order valence-corrected chi connectivity index (χ3v) is 3.47. The number of benzene rings is 2. The van der Waals surface area contributed by atoms with E-state index >= 15 is 0 Å². The average molecular weight is 236 g/mol. The van der Waals surface area contributed by atoms with E-state index in [2.05, 4.69) is 56.3 Å². The van der Waals surface area contributed by atoms with Gasteiger partial charge in [0.05, 0.1) is 0 Å². The van der Waals surface area contributed by atoms with Crippen molar-refractivity contribution in [1.82, 2.24) is 0 Å². The molecule has 0 amide bonds. The van der Waals surface area contributed by atoms with E-state index in [0.29, 0.717) is 0 Å². The van der Waals surface area contributed by atoms with Gasteiger partial charge >= 0.3 is 0 Å². The molecule has 0 aliphatic heterocycles. The molecular weight excluding hydrogens is 220 g/mol. The molecule has 1 heterocycles. The fourth-order valence-corrected chi connectivity index (χ4v) is 2.42. The maximum atomic E-state index is 5.91. The Morgan fingerprint density at radius 3 is 2.44 bits per heavy atom. The molecule has 0 fully saturated rings. The molecule has 0 spiro atoms. The van der Waals surface area contributed by atoms with Crippen LogP contribution in [-0.4, -0.2) is 0 Å². The summed E-state index contributed by atoms with van der Waals surface area (Å²) in [7, 11) is 0. The third kappa shape index (κ3) is 1.72. The summed E-state index contributed by atoms with van der Waals surface area (Å²) in [4.78, 5) is 0. The van der Waals surface area contributed by atoms with E-state index in [1.807, 2.05) is 6.07 Å². The lowest BCUT2D eigenvalue weighted by atomic mass is 10.0. The average Bonchev–Trinajstić information content (AvgIpc) is 2.76. The Balaban J connectivity index is 2.17. The van der Waals surface area contributed by atoms with Gasteiger partial charge in [-0.2, -0.15) is 0 Å². The monoisotopic (exact) mass is 236 g/mol. The van der Waals surface area contributed by atoms with Crippen LogP contribution in [0.4, 0.5) is 0 Å². The van der Waals surface area contributed by atoms with Gasteiger partial charge in [-0.05, 0) is 29.7 Å². The minimum Gasteiger partial charge on any atom is -0.461 e. The van der Waals surface area contributed by atoms with Crippen LogP contribution in [0, 0.1) is 6.92 Å². The largest absolute Gasteiger partial charge is 0.461 e. The van der Waals surface area contributed by atoms with Gasteiger partial charge in [-0.3, -0.25) is 0 Å². The van der Waals surface area contributed by atoms with E-state index in [0.717, 1.165) is 17.8 Å². The van der Waals surface area contributed by atoms with Crippen LogP contribution in [0.15, 0.2) is 52.9 Å². The SMILES string of the molecule is CCc1oc2cc(-c3ccccc3)ccc2c1C. The highest BCUT2D eigenvalue weighted by molar-refractivity contribution is 5.86. The van der Waals surface area contributed by atoms with Gasteiger partial charge in [0.25, 0.3) is 0 Å². The smallest absolute Gasteiger partial charge is 0.135 e. The first-order valence-electron chi connectivity index (χ1n) is 6.37. The second-order valence-electron chi connectivity index (χ2n) is 4.58. The number of fused-ring (bicyclic) bond motifs is 1. The van der Waals surface area contributed by atoms with Gasteiger partial charge < -0.3 is 4.42 Å². The zero-order valence-corrected chi connectivity index (χ0v) is 10.7. The minimum absolute atomic E-state index is 0.946. The molecule has 0 bridgehead atoms. The molecule has 18 heavy (non-hydrogen) atoms. The molecule has 0 N–H and O–H groups in total. The zero-order valence-electron chi connectivity index (χ0n) is 10.7. The molecule has 0 radical (unpaired) electrons. The second-order valence-corrected chi connectivity index (χ2v) is 4.58. The summed E-state index contributed by atoms with van der Waals surface area (Å²) in [5.41, 5.74) is 4.70. The highest BCUT2D eigenvalue weighted by Gasteiger charge is 2.09. The van der Waals surface area contributed by atoms with Gasteiger partial charge in [-0.1, -0.05) is 49.4 Å². The van der Waals surface area contributed by atoms with Crippen molar-refractivity contribution >= 4 is 11.0 Å². The summed E-state index contributed by atoms with van der Waals surface area (Å²) < 4.78 is 5.91. The van der Waals surface area contributed by atoms with Gasteiger partial charge in [-0.25, -0.2) is 0 Å². The topological polar surface area (TPSA) is 13.1 Å². The molecule has 0 aliphatic carbocycles. The molecule has 2 aromatic carbocycles. The van der Waals surface area contributed by atoms with Gasteiger partial charge in [0, 0.05) is 11.8 Å². The first kappa shape index (κ1) is 11.1. The molecule has 0 saturated heterocycles. The van der Waals surface area contributed by atoms with Crippen molar-refractivity contribution in [3.63, 3.8) is 0 Å². The van der Waals surface area contributed by atoms with Crippen molar-refractivity contribution in [3.8, 4) is 11.1 Å². The van der Waals surface area contributed by atoms with Crippen LogP contribution in [0.2, 0.25) is 0 Å².